The third-order valence-electron chi connectivity index (χ3n) is 1.95. The number of nitriles is 1. The standard InChI is InChI=1S/C11H10N2S2/c1-8(6-12)7-14-11-13-9-4-2-3-5-10(9)15-11/h2-5,8H,7H2,1H3. The molecule has 76 valence electrons. The zero-order valence-corrected chi connectivity index (χ0v) is 9.94. The molecule has 0 aliphatic carbocycles. The number of rotatable bonds is 3. The minimum atomic E-state index is 0.0852. The number of benzene rings is 1. The van der Waals surface area contributed by atoms with Crippen molar-refractivity contribution in [2.75, 3.05) is 5.75 Å². The average molecular weight is 234 g/mol. The minimum Gasteiger partial charge on any atom is -0.230 e. The number of aromatic nitrogens is 1. The van der Waals surface area contributed by atoms with Crippen molar-refractivity contribution in [1.82, 2.24) is 4.98 Å². The first-order valence-corrected chi connectivity index (χ1v) is 6.48. The zero-order valence-electron chi connectivity index (χ0n) is 8.30. The van der Waals surface area contributed by atoms with Crippen LogP contribution in [0.4, 0.5) is 0 Å². The number of thioether (sulfide) groups is 1. The lowest BCUT2D eigenvalue weighted by Gasteiger charge is -1.97. The molecule has 0 saturated heterocycles. The average Bonchev–Trinajstić information content (AvgIpc) is 2.68. The molecule has 0 amide bonds. The van der Waals surface area contributed by atoms with E-state index in [4.69, 9.17) is 5.26 Å². The van der Waals surface area contributed by atoms with E-state index in [-0.39, 0.29) is 5.92 Å². The fourth-order valence-corrected chi connectivity index (χ4v) is 3.18. The maximum atomic E-state index is 8.67. The summed E-state index contributed by atoms with van der Waals surface area (Å²) in [5, 5.41) is 8.67. The van der Waals surface area contributed by atoms with Gasteiger partial charge in [-0.1, -0.05) is 23.9 Å². The number of para-hydroxylation sites is 1. The highest BCUT2D eigenvalue weighted by Crippen LogP contribution is 2.30. The lowest BCUT2D eigenvalue weighted by molar-refractivity contribution is 0.863. The normalized spacial score (nSPS) is 12.5. The molecule has 0 fully saturated rings. The molecule has 1 atom stereocenters. The second-order valence-electron chi connectivity index (χ2n) is 3.29. The van der Waals surface area contributed by atoms with Crippen LogP contribution in [0.15, 0.2) is 28.6 Å². The third kappa shape index (κ3) is 2.49. The summed E-state index contributed by atoms with van der Waals surface area (Å²) in [6.45, 7) is 1.93. The zero-order chi connectivity index (χ0) is 10.7. The molecule has 0 bridgehead atoms. The molecule has 1 unspecified atom stereocenters. The maximum absolute atomic E-state index is 8.67. The van der Waals surface area contributed by atoms with Gasteiger partial charge < -0.3 is 0 Å². The molecule has 2 rings (SSSR count). The van der Waals surface area contributed by atoms with E-state index in [2.05, 4.69) is 17.1 Å². The van der Waals surface area contributed by atoms with Gasteiger partial charge >= 0.3 is 0 Å². The van der Waals surface area contributed by atoms with Crippen molar-refractivity contribution in [3.63, 3.8) is 0 Å². The van der Waals surface area contributed by atoms with Crippen molar-refractivity contribution in [2.45, 2.75) is 11.3 Å². The molecule has 1 heterocycles. The van der Waals surface area contributed by atoms with Crippen molar-refractivity contribution >= 4 is 33.3 Å². The summed E-state index contributed by atoms with van der Waals surface area (Å²) in [6.07, 6.45) is 0. The number of hydrogen-bond donors (Lipinski definition) is 0. The number of thiazole rings is 1. The van der Waals surface area contributed by atoms with Gasteiger partial charge in [0, 0.05) is 5.75 Å². The van der Waals surface area contributed by atoms with Gasteiger partial charge in [-0.05, 0) is 19.1 Å². The minimum absolute atomic E-state index is 0.0852. The Morgan fingerprint density at radius 2 is 2.33 bits per heavy atom. The Morgan fingerprint density at radius 1 is 1.53 bits per heavy atom. The van der Waals surface area contributed by atoms with Crippen LogP contribution in [0.5, 0.6) is 0 Å². The molecular weight excluding hydrogens is 224 g/mol. The van der Waals surface area contributed by atoms with E-state index in [0.29, 0.717) is 0 Å². The number of nitrogens with zero attached hydrogens (tertiary/aromatic N) is 2. The molecule has 2 aromatic rings. The van der Waals surface area contributed by atoms with E-state index in [0.717, 1.165) is 15.6 Å². The summed E-state index contributed by atoms with van der Waals surface area (Å²) in [5.41, 5.74) is 1.05. The van der Waals surface area contributed by atoms with Crippen LogP contribution >= 0.6 is 23.1 Å². The van der Waals surface area contributed by atoms with Crippen LogP contribution < -0.4 is 0 Å². The Hall–Kier alpha value is -1.05. The molecule has 15 heavy (non-hydrogen) atoms. The van der Waals surface area contributed by atoms with Gasteiger partial charge in [0.25, 0.3) is 0 Å². The predicted molar refractivity (Wildman–Crippen MR) is 65.1 cm³/mol. The van der Waals surface area contributed by atoms with E-state index >= 15 is 0 Å². The van der Waals surface area contributed by atoms with Gasteiger partial charge in [0.2, 0.25) is 0 Å². The van der Waals surface area contributed by atoms with Gasteiger partial charge in [0.15, 0.2) is 4.34 Å². The number of hydrogen-bond acceptors (Lipinski definition) is 4. The molecule has 0 aliphatic rings. The predicted octanol–water partition coefficient (Wildman–Crippen LogP) is 3.55. The van der Waals surface area contributed by atoms with Crippen LogP contribution in [0.3, 0.4) is 0 Å². The monoisotopic (exact) mass is 234 g/mol. The van der Waals surface area contributed by atoms with Crippen LogP contribution in [0.25, 0.3) is 10.2 Å². The van der Waals surface area contributed by atoms with Gasteiger partial charge in [-0.25, -0.2) is 4.98 Å². The van der Waals surface area contributed by atoms with Gasteiger partial charge in [0.05, 0.1) is 22.2 Å². The molecule has 0 radical (unpaired) electrons. The van der Waals surface area contributed by atoms with Crippen molar-refractivity contribution in [3.8, 4) is 6.07 Å². The fraction of sp³-hybridized carbons (Fsp3) is 0.273. The fourth-order valence-electron chi connectivity index (χ4n) is 1.15. The molecule has 1 aromatic carbocycles. The third-order valence-corrected chi connectivity index (χ3v) is 4.39. The summed E-state index contributed by atoms with van der Waals surface area (Å²) in [4.78, 5) is 4.49. The van der Waals surface area contributed by atoms with E-state index in [9.17, 15) is 0 Å². The van der Waals surface area contributed by atoms with Crippen LogP contribution in [0, 0.1) is 17.2 Å². The van der Waals surface area contributed by atoms with Crippen molar-refractivity contribution < 1.29 is 0 Å². The molecule has 0 saturated carbocycles. The number of fused-ring (bicyclic) bond motifs is 1. The van der Waals surface area contributed by atoms with Crippen LogP contribution in [-0.4, -0.2) is 10.7 Å². The first-order chi connectivity index (χ1) is 7.29. The summed E-state index contributed by atoms with van der Waals surface area (Å²) in [5.74, 6) is 0.901. The Kier molecular flexibility index (Phi) is 3.24. The first-order valence-electron chi connectivity index (χ1n) is 4.67. The van der Waals surface area contributed by atoms with Gasteiger partial charge in [-0.2, -0.15) is 5.26 Å². The summed E-state index contributed by atoms with van der Waals surface area (Å²) in [7, 11) is 0. The lowest BCUT2D eigenvalue weighted by atomic mass is 10.3. The smallest absolute Gasteiger partial charge is 0.151 e. The SMILES string of the molecule is CC(C#N)CSc1nc2ccccc2s1. The highest BCUT2D eigenvalue weighted by atomic mass is 32.2. The van der Waals surface area contributed by atoms with E-state index in [1.807, 2.05) is 25.1 Å². The maximum Gasteiger partial charge on any atom is 0.151 e. The van der Waals surface area contributed by atoms with Crippen LogP contribution in [0.2, 0.25) is 0 Å². The molecular formula is C11H10N2S2. The Balaban J connectivity index is 2.13. The van der Waals surface area contributed by atoms with Crippen LogP contribution in [0.1, 0.15) is 6.92 Å². The quantitative estimate of drug-likeness (QED) is 0.762. The van der Waals surface area contributed by atoms with Crippen molar-refractivity contribution in [3.05, 3.63) is 24.3 Å². The molecule has 1 aromatic heterocycles. The van der Waals surface area contributed by atoms with E-state index in [1.54, 1.807) is 23.1 Å². The van der Waals surface area contributed by atoms with Gasteiger partial charge in [-0.15, -0.1) is 11.3 Å². The highest BCUT2D eigenvalue weighted by molar-refractivity contribution is 8.01. The second kappa shape index (κ2) is 4.65. The van der Waals surface area contributed by atoms with Crippen LogP contribution in [-0.2, 0) is 0 Å². The molecule has 0 N–H and O–H groups in total. The highest BCUT2D eigenvalue weighted by Gasteiger charge is 2.06. The van der Waals surface area contributed by atoms with E-state index < -0.39 is 0 Å². The molecule has 0 spiro atoms. The van der Waals surface area contributed by atoms with E-state index in [1.165, 1.54) is 4.70 Å². The molecule has 0 aliphatic heterocycles. The Labute approximate surface area is 96.9 Å². The Morgan fingerprint density at radius 3 is 3.07 bits per heavy atom. The van der Waals surface area contributed by atoms with Crippen molar-refractivity contribution in [2.24, 2.45) is 5.92 Å². The van der Waals surface area contributed by atoms with Crippen molar-refractivity contribution in [1.29, 1.82) is 5.26 Å². The molecule has 4 heteroatoms. The Bertz CT molecular complexity index is 466. The van der Waals surface area contributed by atoms with Gasteiger partial charge in [-0.3, -0.25) is 0 Å². The summed E-state index contributed by atoms with van der Waals surface area (Å²) >= 11 is 3.36. The lowest BCUT2D eigenvalue weighted by Crippen LogP contribution is -1.92. The second-order valence-corrected chi connectivity index (χ2v) is 5.59. The summed E-state index contributed by atoms with van der Waals surface area (Å²) in [6, 6.07) is 10.3. The molecule has 2 nitrogen and oxygen atoms in total. The summed E-state index contributed by atoms with van der Waals surface area (Å²) < 4.78 is 2.27. The largest absolute Gasteiger partial charge is 0.230 e. The first kappa shape index (κ1) is 10.5. The van der Waals surface area contributed by atoms with Gasteiger partial charge in [0.1, 0.15) is 0 Å². The topological polar surface area (TPSA) is 36.7 Å².